The number of halogens is 1. The summed E-state index contributed by atoms with van der Waals surface area (Å²) in [6.45, 7) is 6.77. The van der Waals surface area contributed by atoms with Crippen molar-refractivity contribution in [3.05, 3.63) is 71.4 Å². The van der Waals surface area contributed by atoms with Gasteiger partial charge in [-0.15, -0.1) is 0 Å². The Balaban J connectivity index is 1.96. The Morgan fingerprint density at radius 1 is 1.17 bits per heavy atom. The number of benzene rings is 1. The highest BCUT2D eigenvalue weighted by atomic mass is 32.2. The van der Waals surface area contributed by atoms with Crippen LogP contribution < -0.4 is 9.46 Å². The van der Waals surface area contributed by atoms with Crippen molar-refractivity contribution in [2.75, 3.05) is 7.11 Å². The topological polar surface area (TPSA) is 118 Å². The van der Waals surface area contributed by atoms with Crippen LogP contribution in [0, 0.1) is 5.82 Å². The number of carbonyl (C=O) groups is 1. The fourth-order valence-corrected chi connectivity index (χ4v) is 4.55. The number of sulfonamides is 1. The molecule has 0 saturated heterocycles. The Kier molecular flexibility index (Phi) is 7.56. The molecule has 2 aromatic heterocycles. The van der Waals surface area contributed by atoms with E-state index in [-0.39, 0.29) is 22.9 Å². The van der Waals surface area contributed by atoms with Crippen molar-refractivity contribution < 1.29 is 27.4 Å². The first-order chi connectivity index (χ1) is 16.3. The fraction of sp³-hybridized carbons (Fsp3) is 0.320. The number of nitrogens with one attached hydrogen (secondary N) is 1. The molecule has 0 fully saturated rings. The number of hydrogen-bond acceptors (Lipinski definition) is 7. The highest BCUT2D eigenvalue weighted by Gasteiger charge is 2.24. The van der Waals surface area contributed by atoms with E-state index in [1.165, 1.54) is 51.4 Å². The van der Waals surface area contributed by atoms with Crippen LogP contribution in [0.5, 0.6) is 5.88 Å². The van der Waals surface area contributed by atoms with Crippen LogP contribution in [0.25, 0.3) is 11.1 Å². The highest BCUT2D eigenvalue weighted by molar-refractivity contribution is 7.90. The second kappa shape index (κ2) is 10.1. The van der Waals surface area contributed by atoms with Gasteiger partial charge in [0, 0.05) is 18.5 Å². The molecule has 8 nitrogen and oxygen atoms in total. The monoisotopic (exact) mass is 501 g/mol. The van der Waals surface area contributed by atoms with E-state index < -0.39 is 27.3 Å². The third-order valence-corrected chi connectivity index (χ3v) is 6.74. The van der Waals surface area contributed by atoms with Gasteiger partial charge in [0.2, 0.25) is 11.8 Å². The van der Waals surface area contributed by atoms with Gasteiger partial charge in [-0.3, -0.25) is 9.78 Å². The van der Waals surface area contributed by atoms with E-state index in [2.05, 4.69) is 14.7 Å². The lowest BCUT2D eigenvalue weighted by molar-refractivity contribution is -0.118. The predicted molar refractivity (Wildman–Crippen MR) is 129 cm³/mol. The van der Waals surface area contributed by atoms with E-state index in [1.807, 2.05) is 13.8 Å². The smallest absolute Gasteiger partial charge is 0.265 e. The van der Waals surface area contributed by atoms with Crippen molar-refractivity contribution in [3.63, 3.8) is 0 Å². The third kappa shape index (κ3) is 6.20. The average molecular weight is 502 g/mol. The molecule has 3 aromatic rings. The molecule has 0 saturated carbocycles. The summed E-state index contributed by atoms with van der Waals surface area (Å²) in [5, 5.41) is 10.0. The molecule has 10 heteroatoms. The van der Waals surface area contributed by atoms with Crippen molar-refractivity contribution in [2.24, 2.45) is 0 Å². The minimum absolute atomic E-state index is 0.133. The summed E-state index contributed by atoms with van der Waals surface area (Å²) in [4.78, 5) is 20.7. The van der Waals surface area contributed by atoms with E-state index in [4.69, 9.17) is 4.74 Å². The molecule has 35 heavy (non-hydrogen) atoms. The lowest BCUT2D eigenvalue weighted by Crippen LogP contribution is -2.32. The van der Waals surface area contributed by atoms with Gasteiger partial charge in [0.15, 0.2) is 0 Å². The molecule has 2 N–H and O–H groups in total. The van der Waals surface area contributed by atoms with Crippen LogP contribution in [0.15, 0.2) is 53.7 Å². The van der Waals surface area contributed by atoms with Gasteiger partial charge in [0.25, 0.3) is 10.0 Å². The van der Waals surface area contributed by atoms with Gasteiger partial charge >= 0.3 is 0 Å². The zero-order chi connectivity index (χ0) is 26.0. The summed E-state index contributed by atoms with van der Waals surface area (Å²) < 4.78 is 47.3. The number of amides is 1. The predicted octanol–water partition coefficient (Wildman–Crippen LogP) is 3.69. The second-order valence-corrected chi connectivity index (χ2v) is 10.6. The van der Waals surface area contributed by atoms with Crippen molar-refractivity contribution >= 4 is 15.9 Å². The van der Waals surface area contributed by atoms with Crippen LogP contribution in [-0.4, -0.2) is 36.5 Å². The Labute approximate surface area is 204 Å². The molecule has 3 rings (SSSR count). The molecular formula is C25H28FN3O5S. The maximum absolute atomic E-state index is 14.5. The number of rotatable bonds is 8. The molecular weight excluding hydrogens is 473 g/mol. The molecule has 0 bridgehead atoms. The molecule has 0 spiro atoms. The molecule has 1 aromatic carbocycles. The van der Waals surface area contributed by atoms with Crippen LogP contribution in [0.2, 0.25) is 0 Å². The average Bonchev–Trinajstić information content (AvgIpc) is 2.79. The number of hydrogen-bond donors (Lipinski definition) is 2. The molecule has 0 radical (unpaired) electrons. The van der Waals surface area contributed by atoms with Gasteiger partial charge in [-0.1, -0.05) is 13.8 Å². The standard InChI is InChI=1S/C25H28FN3O5S/c1-15(2)19-11-17(26)12-20(16-8-9-27-24(10-16)34-5)21(19)13-23(30)29-35(32,33)18-6-7-22(28-14-18)25(3,4)31/h6-12,14-15,31H,13H2,1-5H3,(H,29,30). The van der Waals surface area contributed by atoms with E-state index in [0.29, 0.717) is 28.1 Å². The fourth-order valence-electron chi connectivity index (χ4n) is 3.62. The third-order valence-electron chi connectivity index (χ3n) is 5.39. The van der Waals surface area contributed by atoms with E-state index in [1.54, 1.807) is 12.1 Å². The first-order valence-electron chi connectivity index (χ1n) is 10.9. The van der Waals surface area contributed by atoms with Gasteiger partial charge in [-0.2, -0.15) is 0 Å². The summed E-state index contributed by atoms with van der Waals surface area (Å²) >= 11 is 0. The molecule has 0 aliphatic heterocycles. The zero-order valence-corrected chi connectivity index (χ0v) is 21.0. The number of carbonyl (C=O) groups excluding carboxylic acids is 1. The van der Waals surface area contributed by atoms with Crippen LogP contribution in [0.4, 0.5) is 4.39 Å². The van der Waals surface area contributed by atoms with Crippen LogP contribution in [0.1, 0.15) is 50.4 Å². The number of pyridine rings is 2. The number of ether oxygens (including phenoxy) is 1. The summed E-state index contributed by atoms with van der Waals surface area (Å²) in [6.07, 6.45) is 2.28. The number of methoxy groups -OCH3 is 1. The van der Waals surface area contributed by atoms with Gasteiger partial charge in [-0.25, -0.2) is 22.5 Å². The van der Waals surface area contributed by atoms with Crippen molar-refractivity contribution in [1.29, 1.82) is 0 Å². The van der Waals surface area contributed by atoms with Gasteiger partial charge in [0.05, 0.1) is 19.2 Å². The molecule has 2 heterocycles. The lowest BCUT2D eigenvalue weighted by Gasteiger charge is -2.19. The molecule has 0 aliphatic rings. The largest absolute Gasteiger partial charge is 0.481 e. The first-order valence-corrected chi connectivity index (χ1v) is 12.4. The minimum atomic E-state index is -4.22. The summed E-state index contributed by atoms with van der Waals surface area (Å²) in [7, 11) is -2.76. The van der Waals surface area contributed by atoms with Crippen LogP contribution in [-0.2, 0) is 26.8 Å². The summed E-state index contributed by atoms with van der Waals surface area (Å²) in [6, 6.07) is 8.58. The molecule has 0 aliphatic carbocycles. The van der Waals surface area contributed by atoms with E-state index in [0.717, 1.165) is 6.20 Å². The molecule has 186 valence electrons. The van der Waals surface area contributed by atoms with Crippen molar-refractivity contribution in [2.45, 2.75) is 50.5 Å². The van der Waals surface area contributed by atoms with E-state index in [9.17, 15) is 22.7 Å². The minimum Gasteiger partial charge on any atom is -0.481 e. The quantitative estimate of drug-likeness (QED) is 0.483. The molecule has 1 amide bonds. The highest BCUT2D eigenvalue weighted by Crippen LogP contribution is 2.33. The molecule has 0 unspecified atom stereocenters. The number of aromatic nitrogens is 2. The normalized spacial score (nSPS) is 12.0. The Hall–Kier alpha value is -3.37. The van der Waals surface area contributed by atoms with Gasteiger partial charge in [0.1, 0.15) is 16.3 Å². The Bertz CT molecular complexity index is 1330. The van der Waals surface area contributed by atoms with Gasteiger partial charge < -0.3 is 9.84 Å². The van der Waals surface area contributed by atoms with E-state index >= 15 is 0 Å². The zero-order valence-electron chi connectivity index (χ0n) is 20.2. The summed E-state index contributed by atoms with van der Waals surface area (Å²) in [5.41, 5.74) is 1.15. The maximum atomic E-state index is 14.5. The van der Waals surface area contributed by atoms with Gasteiger partial charge in [-0.05, 0) is 72.4 Å². The number of nitrogens with zero attached hydrogens (tertiary/aromatic N) is 2. The summed E-state index contributed by atoms with van der Waals surface area (Å²) in [5.74, 6) is -1.08. The van der Waals surface area contributed by atoms with Crippen LogP contribution >= 0.6 is 0 Å². The van der Waals surface area contributed by atoms with Crippen molar-refractivity contribution in [3.8, 4) is 17.0 Å². The van der Waals surface area contributed by atoms with Crippen LogP contribution in [0.3, 0.4) is 0 Å². The maximum Gasteiger partial charge on any atom is 0.265 e. The second-order valence-electron chi connectivity index (χ2n) is 8.91. The SMILES string of the molecule is COc1cc(-c2cc(F)cc(C(C)C)c2CC(=O)NS(=O)(=O)c2ccc(C(C)(C)O)nc2)ccn1. The molecule has 0 atom stereocenters. The number of aliphatic hydroxyl groups is 1. The van der Waals surface area contributed by atoms with Crippen molar-refractivity contribution in [1.82, 2.24) is 14.7 Å². The lowest BCUT2D eigenvalue weighted by atomic mass is 9.88. The first kappa shape index (κ1) is 26.2. The Morgan fingerprint density at radius 3 is 2.46 bits per heavy atom. The Morgan fingerprint density at radius 2 is 1.89 bits per heavy atom.